The summed E-state index contributed by atoms with van der Waals surface area (Å²) in [6, 6.07) is 10.8. The molecule has 1 aromatic carbocycles. The van der Waals surface area contributed by atoms with E-state index in [2.05, 4.69) is 26.2 Å². The zero-order valence-electron chi connectivity index (χ0n) is 14.4. The molecule has 0 aliphatic carbocycles. The first-order chi connectivity index (χ1) is 11.7. The highest BCUT2D eigenvalue weighted by Crippen LogP contribution is 2.40. The van der Waals surface area contributed by atoms with Crippen molar-refractivity contribution in [2.24, 2.45) is 0 Å². The normalized spacial score (nSPS) is 19.8. The maximum absolute atomic E-state index is 13.8. The third-order valence-corrected chi connectivity index (χ3v) is 4.37. The molecule has 0 fully saturated rings. The minimum atomic E-state index is -0.886. The van der Waals surface area contributed by atoms with E-state index in [9.17, 15) is 10.0 Å². The lowest BCUT2D eigenvalue weighted by Crippen LogP contribution is -2.44. The number of amides is 1. The van der Waals surface area contributed by atoms with Crippen molar-refractivity contribution < 1.29 is 4.79 Å². The second-order valence-corrected chi connectivity index (χ2v) is 8.07. The van der Waals surface area contributed by atoms with Crippen LogP contribution >= 0.6 is 15.9 Å². The van der Waals surface area contributed by atoms with Gasteiger partial charge in [-0.3, -0.25) is 9.44 Å². The first kappa shape index (κ1) is 17.8. The molecule has 1 aromatic heterocycles. The van der Waals surface area contributed by atoms with Gasteiger partial charge in [0.05, 0.1) is 5.57 Å². The van der Waals surface area contributed by atoms with Crippen LogP contribution in [0.5, 0.6) is 0 Å². The number of carbonyl (C=O) groups is 1. The third-order valence-electron chi connectivity index (χ3n) is 3.87. The van der Waals surface area contributed by atoms with E-state index in [0.717, 1.165) is 10.0 Å². The van der Waals surface area contributed by atoms with E-state index >= 15 is 0 Å². The molecule has 0 saturated carbocycles. The quantitative estimate of drug-likeness (QED) is 0.601. The largest absolute Gasteiger partial charge is 0.616 e. The molecule has 5 nitrogen and oxygen atoms in total. The molecule has 1 amide bonds. The minimum absolute atomic E-state index is 0.227. The van der Waals surface area contributed by atoms with Gasteiger partial charge in [0.1, 0.15) is 11.9 Å². The molecule has 2 aromatic rings. The Morgan fingerprint density at radius 1 is 1.28 bits per heavy atom. The van der Waals surface area contributed by atoms with Gasteiger partial charge in [-0.05, 0) is 39.0 Å². The van der Waals surface area contributed by atoms with Crippen molar-refractivity contribution in [3.63, 3.8) is 0 Å². The van der Waals surface area contributed by atoms with E-state index in [4.69, 9.17) is 0 Å². The van der Waals surface area contributed by atoms with Gasteiger partial charge in [-0.25, -0.2) is 4.98 Å². The molecule has 1 aliphatic rings. The van der Waals surface area contributed by atoms with Crippen molar-refractivity contribution in [1.82, 2.24) is 14.9 Å². The SMILES string of the molecule is CC(C)(C)NC(=O)C1=C[N+]([O-])(c2cccc(Br)c2)c2ncccc2C1. The number of nitrogens with zero attached hydrogens (tertiary/aromatic N) is 2. The van der Waals surface area contributed by atoms with Crippen molar-refractivity contribution in [2.45, 2.75) is 32.7 Å². The number of hydrogen-bond donors (Lipinski definition) is 1. The fourth-order valence-electron chi connectivity index (χ4n) is 2.84. The van der Waals surface area contributed by atoms with Crippen molar-refractivity contribution in [3.8, 4) is 0 Å². The average molecular weight is 402 g/mol. The molecule has 0 saturated heterocycles. The van der Waals surface area contributed by atoms with Gasteiger partial charge in [0, 0.05) is 40.3 Å². The predicted octanol–water partition coefficient (Wildman–Crippen LogP) is 4.34. The zero-order valence-corrected chi connectivity index (χ0v) is 16.0. The van der Waals surface area contributed by atoms with Gasteiger partial charge in [-0.1, -0.05) is 22.0 Å². The smallest absolute Gasteiger partial charge is 0.253 e. The summed E-state index contributed by atoms with van der Waals surface area (Å²) >= 11 is 3.41. The Labute approximate surface area is 155 Å². The highest BCUT2D eigenvalue weighted by atomic mass is 79.9. The van der Waals surface area contributed by atoms with Crippen LogP contribution < -0.4 is 9.96 Å². The predicted molar refractivity (Wildman–Crippen MR) is 103 cm³/mol. The van der Waals surface area contributed by atoms with Crippen molar-refractivity contribution >= 4 is 33.3 Å². The molecule has 3 rings (SSSR count). The number of hydrogen-bond acceptors (Lipinski definition) is 3. The van der Waals surface area contributed by atoms with E-state index in [1.807, 2.05) is 32.9 Å². The summed E-state index contributed by atoms with van der Waals surface area (Å²) in [5, 5.41) is 16.7. The molecule has 2 heterocycles. The Bertz CT molecular complexity index is 858. The molecule has 0 bridgehead atoms. The van der Waals surface area contributed by atoms with Crippen LogP contribution in [0.3, 0.4) is 0 Å². The summed E-state index contributed by atoms with van der Waals surface area (Å²) in [4.78, 5) is 17.0. The molecule has 1 unspecified atom stereocenters. The molecule has 6 heteroatoms. The zero-order chi connectivity index (χ0) is 18.2. The number of rotatable bonds is 2. The second kappa shape index (κ2) is 6.37. The maximum Gasteiger partial charge on any atom is 0.253 e. The fraction of sp³-hybridized carbons (Fsp3) is 0.263. The van der Waals surface area contributed by atoms with Gasteiger partial charge in [0.15, 0.2) is 0 Å². The monoisotopic (exact) mass is 401 g/mol. The summed E-state index contributed by atoms with van der Waals surface area (Å²) in [7, 11) is 0. The number of fused-ring (bicyclic) bond motifs is 1. The van der Waals surface area contributed by atoms with Crippen LogP contribution in [0.25, 0.3) is 0 Å². The molecule has 1 aliphatic heterocycles. The number of carbonyl (C=O) groups excluding carboxylic acids is 1. The Morgan fingerprint density at radius 2 is 2.04 bits per heavy atom. The molecule has 130 valence electrons. The van der Waals surface area contributed by atoms with Crippen molar-refractivity contribution in [1.29, 1.82) is 0 Å². The van der Waals surface area contributed by atoms with Crippen LogP contribution in [-0.2, 0) is 11.2 Å². The number of halogens is 1. The molecule has 0 spiro atoms. The molecule has 25 heavy (non-hydrogen) atoms. The van der Waals surface area contributed by atoms with Gasteiger partial charge in [-0.2, -0.15) is 0 Å². The number of nitrogens with one attached hydrogen (secondary N) is 1. The Balaban J connectivity index is 2.12. The third kappa shape index (κ3) is 3.66. The number of quaternary nitrogens is 1. The van der Waals surface area contributed by atoms with Gasteiger partial charge in [0.2, 0.25) is 5.82 Å². The first-order valence-corrected chi connectivity index (χ1v) is 8.83. The van der Waals surface area contributed by atoms with E-state index < -0.39 is 4.65 Å². The lowest BCUT2D eigenvalue weighted by Gasteiger charge is -2.40. The topological polar surface area (TPSA) is 65.0 Å². The van der Waals surface area contributed by atoms with Crippen molar-refractivity contribution in [3.05, 3.63) is 69.6 Å². The van der Waals surface area contributed by atoms with Crippen LogP contribution in [0.2, 0.25) is 0 Å². The van der Waals surface area contributed by atoms with E-state index in [0.29, 0.717) is 23.5 Å². The number of benzene rings is 1. The summed E-state index contributed by atoms with van der Waals surface area (Å²) < 4.78 is -0.0850. The van der Waals surface area contributed by atoms with Crippen molar-refractivity contribution in [2.75, 3.05) is 0 Å². The van der Waals surface area contributed by atoms with Gasteiger partial charge < -0.3 is 10.5 Å². The Hall–Kier alpha value is -2.02. The fourth-order valence-corrected chi connectivity index (χ4v) is 3.23. The van der Waals surface area contributed by atoms with Crippen LogP contribution in [0, 0.1) is 5.21 Å². The van der Waals surface area contributed by atoms with Gasteiger partial charge in [-0.15, -0.1) is 0 Å². The number of aromatic nitrogens is 1. The number of pyridine rings is 1. The molecular weight excluding hydrogens is 382 g/mol. The molecule has 1 atom stereocenters. The minimum Gasteiger partial charge on any atom is -0.616 e. The summed E-state index contributed by atoms with van der Waals surface area (Å²) in [6.45, 7) is 5.74. The maximum atomic E-state index is 13.8. The molecule has 0 radical (unpaired) electrons. The highest BCUT2D eigenvalue weighted by molar-refractivity contribution is 9.10. The summed E-state index contributed by atoms with van der Waals surface area (Å²) in [5.41, 5.74) is 1.33. The van der Waals surface area contributed by atoms with Crippen LogP contribution in [0.15, 0.2) is 58.8 Å². The lowest BCUT2D eigenvalue weighted by molar-refractivity contribution is -0.119. The van der Waals surface area contributed by atoms with E-state index in [1.165, 1.54) is 6.20 Å². The standard InChI is InChI=1S/C19H20BrN3O2/c1-19(2,3)22-18(24)14-10-13-6-5-9-21-17(13)23(25,12-14)16-8-4-7-15(20)11-16/h4-9,11-12H,10H2,1-3H3,(H,22,24). The average Bonchev–Trinajstić information content (AvgIpc) is 2.53. The van der Waals surface area contributed by atoms with Gasteiger partial charge in [0.25, 0.3) is 5.91 Å². The molecular formula is C19H20BrN3O2. The Kier molecular flexibility index (Phi) is 4.53. The van der Waals surface area contributed by atoms with Crippen LogP contribution in [-0.4, -0.2) is 16.4 Å². The summed E-state index contributed by atoms with van der Waals surface area (Å²) in [5.74, 6) is 0.170. The second-order valence-electron chi connectivity index (χ2n) is 7.16. The first-order valence-electron chi connectivity index (χ1n) is 8.04. The Morgan fingerprint density at radius 3 is 2.72 bits per heavy atom. The highest BCUT2D eigenvalue weighted by Gasteiger charge is 2.34. The van der Waals surface area contributed by atoms with E-state index in [1.54, 1.807) is 30.5 Å². The van der Waals surface area contributed by atoms with Gasteiger partial charge >= 0.3 is 0 Å². The van der Waals surface area contributed by atoms with Crippen LogP contribution in [0.4, 0.5) is 11.5 Å². The lowest BCUT2D eigenvalue weighted by atomic mass is 9.99. The summed E-state index contributed by atoms with van der Waals surface area (Å²) in [6.07, 6.45) is 3.45. The number of hydroxylamine groups is 1. The van der Waals surface area contributed by atoms with E-state index in [-0.39, 0.29) is 11.4 Å². The molecule has 1 N–H and O–H groups in total. The van der Waals surface area contributed by atoms with Crippen LogP contribution in [0.1, 0.15) is 26.3 Å².